The second kappa shape index (κ2) is 8.32. The largest absolute Gasteiger partial charge is 0.462 e. The molecule has 2 aromatic heterocycles. The van der Waals surface area contributed by atoms with Crippen molar-refractivity contribution in [3.8, 4) is 11.8 Å². The SMILES string of the molecule is CC#C[C@]1(O)[C@H](n2ccc3c(N)ncnc32)O[C@]2(F)COP(=O)(NCC(=O)OC(C)C)O[C@@H]12. The van der Waals surface area contributed by atoms with Gasteiger partial charge in [-0.1, -0.05) is 5.92 Å². The summed E-state index contributed by atoms with van der Waals surface area (Å²) in [6.45, 7) is 3.34. The molecule has 33 heavy (non-hydrogen) atoms. The van der Waals surface area contributed by atoms with Gasteiger partial charge >= 0.3 is 13.7 Å². The van der Waals surface area contributed by atoms with Gasteiger partial charge in [0.1, 0.15) is 30.9 Å². The molecule has 2 aromatic rings. The number of nitrogens with zero attached hydrogens (tertiary/aromatic N) is 3. The molecule has 4 N–H and O–H groups in total. The van der Waals surface area contributed by atoms with Gasteiger partial charge in [-0.25, -0.2) is 24.0 Å². The first-order valence-electron chi connectivity index (χ1n) is 9.99. The number of rotatable bonds is 5. The van der Waals surface area contributed by atoms with Crippen LogP contribution in [0.4, 0.5) is 10.2 Å². The second-order valence-electron chi connectivity index (χ2n) is 7.81. The van der Waals surface area contributed by atoms with Crippen LogP contribution in [-0.2, 0) is 27.9 Å². The third kappa shape index (κ3) is 4.10. The molecule has 0 aliphatic carbocycles. The van der Waals surface area contributed by atoms with Gasteiger partial charge in [-0.2, -0.15) is 0 Å². The van der Waals surface area contributed by atoms with E-state index in [9.17, 15) is 14.5 Å². The number of nitrogen functional groups attached to an aromatic ring is 1. The Labute approximate surface area is 188 Å². The number of nitrogens with one attached hydrogen (secondary N) is 1. The third-order valence-corrected chi connectivity index (χ3v) is 6.56. The third-order valence-electron chi connectivity index (χ3n) is 5.05. The van der Waals surface area contributed by atoms with Gasteiger partial charge in [0.15, 0.2) is 12.3 Å². The number of carbonyl (C=O) groups is 1. The summed E-state index contributed by atoms with van der Waals surface area (Å²) in [6, 6.07) is 1.57. The molecule has 2 aliphatic rings. The minimum atomic E-state index is -4.24. The molecule has 0 bridgehead atoms. The number of aliphatic hydroxyl groups is 1. The summed E-state index contributed by atoms with van der Waals surface area (Å²) in [6.07, 6.45) is -1.03. The van der Waals surface area contributed by atoms with Crippen LogP contribution in [0, 0.1) is 11.8 Å². The zero-order valence-electron chi connectivity index (χ0n) is 18.0. The summed E-state index contributed by atoms with van der Waals surface area (Å²) in [5.74, 6) is 1.79. The minimum Gasteiger partial charge on any atom is -0.462 e. The summed E-state index contributed by atoms with van der Waals surface area (Å²) in [4.78, 5) is 19.8. The number of hydrogen-bond donors (Lipinski definition) is 3. The van der Waals surface area contributed by atoms with Gasteiger partial charge in [0.05, 0.1) is 11.5 Å². The monoisotopic (exact) mass is 483 g/mol. The van der Waals surface area contributed by atoms with E-state index in [1.165, 1.54) is 24.0 Å². The summed E-state index contributed by atoms with van der Waals surface area (Å²) >= 11 is 0. The predicted octanol–water partition coefficient (Wildman–Crippen LogP) is 1.03. The van der Waals surface area contributed by atoms with E-state index in [0.717, 1.165) is 0 Å². The van der Waals surface area contributed by atoms with Crippen LogP contribution in [0.15, 0.2) is 18.6 Å². The molecule has 12 nitrogen and oxygen atoms in total. The average molecular weight is 483 g/mol. The number of esters is 1. The molecule has 2 fully saturated rings. The topological polar surface area (TPSA) is 160 Å². The van der Waals surface area contributed by atoms with Gasteiger partial charge in [0.2, 0.25) is 5.60 Å². The van der Waals surface area contributed by atoms with Crippen LogP contribution >= 0.6 is 7.75 Å². The number of aromatic nitrogens is 3. The van der Waals surface area contributed by atoms with Crippen molar-refractivity contribution >= 4 is 30.6 Å². The molecular formula is C19H23FN5O7P. The Morgan fingerprint density at radius 1 is 1.55 bits per heavy atom. The van der Waals surface area contributed by atoms with Crippen LogP contribution in [-0.4, -0.2) is 62.4 Å². The highest BCUT2D eigenvalue weighted by Crippen LogP contribution is 2.59. The molecular weight excluding hydrogens is 460 g/mol. The average Bonchev–Trinajstić information content (AvgIpc) is 3.26. The molecule has 2 saturated heterocycles. The van der Waals surface area contributed by atoms with Crippen molar-refractivity contribution in [2.75, 3.05) is 18.9 Å². The van der Waals surface area contributed by atoms with Crippen molar-refractivity contribution in [3.63, 3.8) is 0 Å². The quantitative estimate of drug-likeness (QED) is 0.317. The van der Waals surface area contributed by atoms with Crippen LogP contribution in [0.2, 0.25) is 0 Å². The van der Waals surface area contributed by atoms with Gasteiger partial charge in [-0.05, 0) is 26.8 Å². The van der Waals surface area contributed by atoms with Gasteiger partial charge in [0, 0.05) is 6.20 Å². The van der Waals surface area contributed by atoms with E-state index >= 15 is 4.39 Å². The fourth-order valence-corrected chi connectivity index (χ4v) is 5.22. The number of alkyl halides is 1. The van der Waals surface area contributed by atoms with Crippen molar-refractivity contribution in [1.82, 2.24) is 19.6 Å². The molecule has 2 aliphatic heterocycles. The normalized spacial score (nSPS) is 33.5. The molecule has 0 spiro atoms. The summed E-state index contributed by atoms with van der Waals surface area (Å²) in [7, 11) is -4.24. The summed E-state index contributed by atoms with van der Waals surface area (Å²) in [5.41, 5.74) is 3.81. The highest BCUT2D eigenvalue weighted by atomic mass is 31.2. The van der Waals surface area contributed by atoms with E-state index in [0.29, 0.717) is 5.39 Å². The maximum absolute atomic E-state index is 15.8. The molecule has 4 heterocycles. The fourth-order valence-electron chi connectivity index (χ4n) is 3.73. The fraction of sp³-hybridized carbons (Fsp3) is 0.526. The van der Waals surface area contributed by atoms with Crippen molar-refractivity contribution in [3.05, 3.63) is 18.6 Å². The van der Waals surface area contributed by atoms with Gasteiger partial charge in [-0.15, -0.1) is 5.92 Å². The number of carbonyl (C=O) groups excluding carboxylic acids is 1. The maximum Gasteiger partial charge on any atom is 0.406 e. The lowest BCUT2D eigenvalue weighted by molar-refractivity contribution is -0.214. The van der Waals surface area contributed by atoms with Crippen molar-refractivity contribution in [1.29, 1.82) is 0 Å². The minimum absolute atomic E-state index is 0.177. The number of nitrogens with two attached hydrogens (primary N) is 1. The Morgan fingerprint density at radius 2 is 2.30 bits per heavy atom. The zero-order valence-corrected chi connectivity index (χ0v) is 18.9. The molecule has 4 rings (SSSR count). The lowest BCUT2D eigenvalue weighted by atomic mass is 9.93. The van der Waals surface area contributed by atoms with Gasteiger partial charge in [0.25, 0.3) is 5.85 Å². The molecule has 0 saturated carbocycles. The van der Waals surface area contributed by atoms with Crippen molar-refractivity contribution in [2.45, 2.75) is 50.7 Å². The highest BCUT2D eigenvalue weighted by Gasteiger charge is 2.70. The molecule has 0 aromatic carbocycles. The Bertz CT molecular complexity index is 1200. The maximum atomic E-state index is 15.8. The van der Waals surface area contributed by atoms with Crippen LogP contribution < -0.4 is 10.8 Å². The molecule has 5 atom stereocenters. The Kier molecular flexibility index (Phi) is 5.94. The number of anilines is 1. The summed E-state index contributed by atoms with van der Waals surface area (Å²) < 4.78 is 51.2. The van der Waals surface area contributed by atoms with Gasteiger partial charge < -0.3 is 24.9 Å². The van der Waals surface area contributed by atoms with E-state index in [-0.39, 0.29) is 11.5 Å². The standard InChI is InChI=1S/C19H23FN5O7P/c1-4-6-18(27)16-19(20,9-29-33(28,32-16)24-8-13(26)30-11(2)3)31-17(18)25-7-5-12-14(21)22-10-23-15(12)25/h5,7,10-11,16-17,27H,8-9H2,1-3H3,(H,24,28)(H2,21,22,23)/t16-,17+,18+,19+,33?/m0/s1. The van der Waals surface area contributed by atoms with Crippen molar-refractivity contribution in [2.24, 2.45) is 0 Å². The molecule has 178 valence electrons. The first-order chi connectivity index (χ1) is 15.5. The van der Waals surface area contributed by atoms with Crippen molar-refractivity contribution < 1.29 is 37.4 Å². The van der Waals surface area contributed by atoms with Crippen LogP contribution in [0.1, 0.15) is 27.0 Å². The second-order valence-corrected chi connectivity index (χ2v) is 9.59. The molecule has 0 amide bonds. The highest BCUT2D eigenvalue weighted by molar-refractivity contribution is 7.51. The van der Waals surface area contributed by atoms with Crippen LogP contribution in [0.3, 0.4) is 0 Å². The van der Waals surface area contributed by atoms with E-state index in [1.807, 2.05) is 0 Å². The molecule has 1 unspecified atom stereocenters. The lowest BCUT2D eigenvalue weighted by Gasteiger charge is -2.37. The van der Waals surface area contributed by atoms with Crippen LogP contribution in [0.5, 0.6) is 0 Å². The summed E-state index contributed by atoms with van der Waals surface area (Å²) in [5, 5.41) is 14.2. The molecule has 0 radical (unpaired) electrons. The predicted molar refractivity (Wildman–Crippen MR) is 112 cm³/mol. The Balaban J connectivity index is 1.66. The Hall–Kier alpha value is -2.59. The van der Waals surface area contributed by atoms with Gasteiger partial charge in [-0.3, -0.25) is 13.8 Å². The smallest absolute Gasteiger partial charge is 0.406 e. The van der Waals surface area contributed by atoms with E-state index in [2.05, 4.69) is 26.9 Å². The zero-order chi connectivity index (χ0) is 24.0. The number of halogens is 1. The number of fused-ring (bicyclic) bond motifs is 2. The number of ether oxygens (including phenoxy) is 2. The first-order valence-corrected chi connectivity index (χ1v) is 11.5. The number of hydrogen-bond acceptors (Lipinski definition) is 10. The lowest BCUT2D eigenvalue weighted by Crippen LogP contribution is -2.54. The van der Waals surface area contributed by atoms with E-state index < -0.39 is 56.8 Å². The first kappa shape index (κ1) is 23.6. The Morgan fingerprint density at radius 3 is 3.00 bits per heavy atom. The van der Waals surface area contributed by atoms with E-state index in [1.54, 1.807) is 19.9 Å². The van der Waals surface area contributed by atoms with E-state index in [4.69, 9.17) is 24.3 Å². The molecule has 14 heteroatoms. The van der Waals surface area contributed by atoms with Crippen LogP contribution in [0.25, 0.3) is 11.0 Å².